The fourth-order valence-electron chi connectivity index (χ4n) is 1.92. The third kappa shape index (κ3) is 3.16. The third-order valence-electron chi connectivity index (χ3n) is 2.65. The molecule has 6 N–H and O–H groups in total. The quantitative estimate of drug-likeness (QED) is 0.405. The fourth-order valence-corrected chi connectivity index (χ4v) is 1.92. The van der Waals surface area contributed by atoms with Crippen LogP contribution in [-0.4, -0.2) is 19.4 Å². The normalized spacial score (nSPS) is 15.9. The van der Waals surface area contributed by atoms with Gasteiger partial charge in [0.25, 0.3) is 5.91 Å². The number of rotatable bonds is 3. The summed E-state index contributed by atoms with van der Waals surface area (Å²) in [7, 11) is 1.50. The van der Waals surface area contributed by atoms with Crippen molar-refractivity contribution < 1.29 is 9.59 Å². The van der Waals surface area contributed by atoms with E-state index in [9.17, 15) is 9.59 Å². The molecule has 0 aromatic rings. The maximum absolute atomic E-state index is 11.5. The Hall–Kier alpha value is -2.78. The second kappa shape index (κ2) is 6.97. The Labute approximate surface area is 117 Å². The van der Waals surface area contributed by atoms with Crippen LogP contribution in [0.1, 0.15) is 6.42 Å². The van der Waals surface area contributed by atoms with E-state index >= 15 is 0 Å². The summed E-state index contributed by atoms with van der Waals surface area (Å²) >= 11 is 0. The highest BCUT2D eigenvalue weighted by Gasteiger charge is 2.24. The van der Waals surface area contributed by atoms with E-state index in [-0.39, 0.29) is 11.4 Å². The topological polar surface area (TPSA) is 110 Å². The van der Waals surface area contributed by atoms with Gasteiger partial charge in [-0.05, 0) is 24.8 Å². The Morgan fingerprint density at radius 3 is 2.75 bits per heavy atom. The molecule has 2 rings (SSSR count). The van der Waals surface area contributed by atoms with Crippen molar-refractivity contribution in [1.82, 2.24) is 10.6 Å². The standard InChI is InChI=1S/C13H11N3O2.CH5N/c1-2-8-3-4-9-6-10(5-8)16-13(15-7-17)11(9)12(14)18;1-2/h1,3-5,7,16H,6H2,(H2,14,18)(H,15,17);2H2,1H3. The van der Waals surface area contributed by atoms with Gasteiger partial charge in [0, 0.05) is 17.7 Å². The largest absolute Gasteiger partial charge is 0.365 e. The van der Waals surface area contributed by atoms with E-state index in [1.807, 2.05) is 0 Å². The number of nitrogens with one attached hydrogen (secondary N) is 2. The SMILES string of the molecule is C#CC1=CC=C2CC(=C1)NC(NC=O)=C2C(N)=O.CN. The molecule has 2 bridgehead atoms. The first-order valence-corrected chi connectivity index (χ1v) is 5.83. The van der Waals surface area contributed by atoms with E-state index in [1.54, 1.807) is 18.2 Å². The lowest BCUT2D eigenvalue weighted by atomic mass is 9.97. The van der Waals surface area contributed by atoms with Crippen LogP contribution < -0.4 is 22.1 Å². The Bertz CT molecular complexity index is 589. The van der Waals surface area contributed by atoms with Crippen molar-refractivity contribution in [3.8, 4) is 12.3 Å². The van der Waals surface area contributed by atoms with Gasteiger partial charge in [-0.2, -0.15) is 0 Å². The maximum Gasteiger partial charge on any atom is 0.252 e. The van der Waals surface area contributed by atoms with E-state index in [2.05, 4.69) is 22.3 Å². The third-order valence-corrected chi connectivity index (χ3v) is 2.65. The molecule has 1 aliphatic carbocycles. The first-order chi connectivity index (χ1) is 9.65. The van der Waals surface area contributed by atoms with Gasteiger partial charge in [-0.15, -0.1) is 6.42 Å². The van der Waals surface area contributed by atoms with E-state index < -0.39 is 5.91 Å². The molecule has 0 spiro atoms. The number of terminal acetylenes is 1. The summed E-state index contributed by atoms with van der Waals surface area (Å²) in [6.07, 6.45) is 11.6. The molecule has 0 saturated heterocycles. The van der Waals surface area contributed by atoms with Crippen molar-refractivity contribution in [3.05, 3.63) is 46.5 Å². The molecule has 0 atom stereocenters. The number of amides is 2. The summed E-state index contributed by atoms with van der Waals surface area (Å²) in [5, 5.41) is 5.38. The fraction of sp³-hybridized carbons (Fsp3) is 0.143. The van der Waals surface area contributed by atoms with Gasteiger partial charge in [0.1, 0.15) is 5.82 Å². The van der Waals surface area contributed by atoms with Gasteiger partial charge in [0.15, 0.2) is 0 Å². The van der Waals surface area contributed by atoms with Crippen LogP contribution in [0.5, 0.6) is 0 Å². The van der Waals surface area contributed by atoms with Gasteiger partial charge in [0.2, 0.25) is 6.41 Å². The summed E-state index contributed by atoms with van der Waals surface area (Å²) in [4.78, 5) is 22.0. The Balaban J connectivity index is 0.000000956. The minimum Gasteiger partial charge on any atom is -0.365 e. The number of carbonyl (C=O) groups excluding carboxylic acids is 2. The van der Waals surface area contributed by atoms with Crippen molar-refractivity contribution in [2.45, 2.75) is 6.42 Å². The molecule has 0 fully saturated rings. The van der Waals surface area contributed by atoms with Crippen molar-refractivity contribution in [2.75, 3.05) is 7.05 Å². The predicted molar refractivity (Wildman–Crippen MR) is 76.4 cm³/mol. The Morgan fingerprint density at radius 1 is 1.50 bits per heavy atom. The molecule has 2 aliphatic rings. The van der Waals surface area contributed by atoms with Crippen LogP contribution in [-0.2, 0) is 9.59 Å². The molecule has 0 unspecified atom stereocenters. The molecule has 6 nitrogen and oxygen atoms in total. The van der Waals surface area contributed by atoms with Crippen LogP contribution in [0, 0.1) is 12.3 Å². The first kappa shape index (κ1) is 15.3. The smallest absolute Gasteiger partial charge is 0.252 e. The number of hydrogen-bond donors (Lipinski definition) is 4. The Kier molecular flexibility index (Phi) is 5.32. The minimum atomic E-state index is -0.602. The number of fused-ring (bicyclic) bond motifs is 2. The molecule has 0 saturated carbocycles. The van der Waals surface area contributed by atoms with E-state index in [0.717, 1.165) is 11.3 Å². The molecular weight excluding hydrogens is 256 g/mol. The average Bonchev–Trinajstić information content (AvgIpc) is 2.60. The molecule has 1 aliphatic heterocycles. The molecule has 104 valence electrons. The summed E-state index contributed by atoms with van der Waals surface area (Å²) in [5.41, 5.74) is 12.3. The number of hydrogen-bond acceptors (Lipinski definition) is 4. The monoisotopic (exact) mass is 272 g/mol. The van der Waals surface area contributed by atoms with Crippen molar-refractivity contribution in [3.63, 3.8) is 0 Å². The van der Waals surface area contributed by atoms with Gasteiger partial charge in [-0.1, -0.05) is 12.0 Å². The number of primary amides is 1. The van der Waals surface area contributed by atoms with Crippen LogP contribution in [0.2, 0.25) is 0 Å². The number of allylic oxidation sites excluding steroid dienone is 5. The van der Waals surface area contributed by atoms with Crippen molar-refractivity contribution >= 4 is 12.3 Å². The van der Waals surface area contributed by atoms with Gasteiger partial charge < -0.3 is 22.1 Å². The summed E-state index contributed by atoms with van der Waals surface area (Å²) < 4.78 is 0. The average molecular weight is 272 g/mol. The minimum absolute atomic E-state index is 0.272. The lowest BCUT2D eigenvalue weighted by molar-refractivity contribution is -0.114. The molecule has 1 heterocycles. The molecule has 2 amide bonds. The van der Waals surface area contributed by atoms with Crippen molar-refractivity contribution in [1.29, 1.82) is 0 Å². The molecule has 6 heteroatoms. The lowest BCUT2D eigenvalue weighted by Gasteiger charge is -2.23. The highest BCUT2D eigenvalue weighted by Crippen LogP contribution is 2.28. The van der Waals surface area contributed by atoms with Gasteiger partial charge >= 0.3 is 0 Å². The highest BCUT2D eigenvalue weighted by molar-refractivity contribution is 5.98. The zero-order chi connectivity index (χ0) is 15.1. The summed E-state index contributed by atoms with van der Waals surface area (Å²) in [6.45, 7) is 0. The predicted octanol–water partition coefficient (Wildman–Crippen LogP) is -0.619. The van der Waals surface area contributed by atoms with Gasteiger partial charge in [-0.25, -0.2) is 0 Å². The van der Waals surface area contributed by atoms with Gasteiger partial charge in [0.05, 0.1) is 5.57 Å². The van der Waals surface area contributed by atoms with Crippen LogP contribution in [0.3, 0.4) is 0 Å². The molecular formula is C14H16N4O2. The number of nitrogens with two attached hydrogens (primary N) is 2. The van der Waals surface area contributed by atoms with E-state index in [4.69, 9.17) is 12.2 Å². The zero-order valence-corrected chi connectivity index (χ0v) is 11.1. The van der Waals surface area contributed by atoms with Crippen LogP contribution >= 0.6 is 0 Å². The van der Waals surface area contributed by atoms with Crippen LogP contribution in [0.15, 0.2) is 46.5 Å². The van der Waals surface area contributed by atoms with Crippen LogP contribution in [0.4, 0.5) is 0 Å². The van der Waals surface area contributed by atoms with Crippen molar-refractivity contribution in [2.24, 2.45) is 11.5 Å². The zero-order valence-electron chi connectivity index (χ0n) is 11.1. The lowest BCUT2D eigenvalue weighted by Crippen LogP contribution is -2.35. The molecule has 20 heavy (non-hydrogen) atoms. The highest BCUT2D eigenvalue weighted by atomic mass is 16.1. The number of carbonyl (C=O) groups is 2. The Morgan fingerprint density at radius 2 is 2.20 bits per heavy atom. The second-order valence-corrected chi connectivity index (χ2v) is 3.81. The maximum atomic E-state index is 11.5. The molecule has 0 aromatic heterocycles. The van der Waals surface area contributed by atoms with Crippen LogP contribution in [0.25, 0.3) is 0 Å². The first-order valence-electron chi connectivity index (χ1n) is 5.83. The molecule has 0 radical (unpaired) electrons. The summed E-state index contributed by atoms with van der Waals surface area (Å²) in [6, 6.07) is 0. The van der Waals surface area contributed by atoms with E-state index in [1.165, 1.54) is 7.05 Å². The summed E-state index contributed by atoms with van der Waals surface area (Å²) in [5.74, 6) is 2.21. The molecule has 0 aromatic carbocycles. The van der Waals surface area contributed by atoms with E-state index in [0.29, 0.717) is 18.4 Å². The van der Waals surface area contributed by atoms with Gasteiger partial charge in [-0.3, -0.25) is 9.59 Å². The second-order valence-electron chi connectivity index (χ2n) is 3.81.